The number of esters is 1. The van der Waals surface area contributed by atoms with Crippen LogP contribution in [0.5, 0.6) is 0 Å². The van der Waals surface area contributed by atoms with Gasteiger partial charge in [-0.3, -0.25) is 4.90 Å². The van der Waals surface area contributed by atoms with Crippen LogP contribution in [0.4, 0.5) is 0 Å². The Morgan fingerprint density at radius 2 is 1.90 bits per heavy atom. The van der Waals surface area contributed by atoms with Crippen molar-refractivity contribution in [3.63, 3.8) is 0 Å². The van der Waals surface area contributed by atoms with Gasteiger partial charge in [-0.2, -0.15) is 0 Å². The maximum Gasteiger partial charge on any atom is 0.331 e. The molecule has 152 valence electrons. The number of piperidine rings is 2. The summed E-state index contributed by atoms with van der Waals surface area (Å²) in [6.45, 7) is 4.93. The Bertz CT molecular complexity index is 912. The molecule has 0 N–H and O–H groups in total. The van der Waals surface area contributed by atoms with Crippen molar-refractivity contribution >= 4 is 22.8 Å². The molecular formula is C26H31NO2. The molecular weight excluding hydrogens is 358 g/mol. The first-order valence-corrected chi connectivity index (χ1v) is 10.9. The molecule has 2 aliphatic rings. The van der Waals surface area contributed by atoms with Crippen LogP contribution in [0.3, 0.4) is 0 Å². The van der Waals surface area contributed by atoms with E-state index in [1.807, 2.05) is 19.1 Å². The van der Waals surface area contributed by atoms with E-state index in [1.165, 1.54) is 56.0 Å². The quantitative estimate of drug-likeness (QED) is 0.378. The highest BCUT2D eigenvalue weighted by Gasteiger charge is 2.33. The monoisotopic (exact) mass is 389 g/mol. The Morgan fingerprint density at radius 3 is 2.79 bits per heavy atom. The topological polar surface area (TPSA) is 29.5 Å². The van der Waals surface area contributed by atoms with E-state index in [0.717, 1.165) is 11.1 Å². The third-order valence-electron chi connectivity index (χ3n) is 6.33. The predicted molar refractivity (Wildman–Crippen MR) is 120 cm³/mol. The van der Waals surface area contributed by atoms with Crippen molar-refractivity contribution in [3.8, 4) is 0 Å². The van der Waals surface area contributed by atoms with Crippen molar-refractivity contribution in [3.05, 3.63) is 65.8 Å². The SMILES string of the molecule is CC(=C/C(=O)OC[C@H]1CCCN2CCCC[C@H]12)/C=C/c1ccc2ccccc2c1. The Labute approximate surface area is 174 Å². The van der Waals surface area contributed by atoms with Crippen LogP contribution in [0.25, 0.3) is 16.8 Å². The molecule has 2 aromatic rings. The lowest BCUT2D eigenvalue weighted by Crippen LogP contribution is -2.49. The first-order chi connectivity index (χ1) is 14.2. The van der Waals surface area contributed by atoms with Gasteiger partial charge in [0.2, 0.25) is 0 Å². The van der Waals surface area contributed by atoms with Gasteiger partial charge in [0.15, 0.2) is 0 Å². The highest BCUT2D eigenvalue weighted by molar-refractivity contribution is 5.85. The zero-order valence-electron chi connectivity index (χ0n) is 17.3. The summed E-state index contributed by atoms with van der Waals surface area (Å²) in [6, 6.07) is 15.3. The molecule has 0 spiro atoms. The van der Waals surface area contributed by atoms with Crippen molar-refractivity contribution in [2.24, 2.45) is 5.92 Å². The van der Waals surface area contributed by atoms with Gasteiger partial charge in [0.05, 0.1) is 6.61 Å². The predicted octanol–water partition coefficient (Wildman–Crippen LogP) is 5.61. The highest BCUT2D eigenvalue weighted by atomic mass is 16.5. The van der Waals surface area contributed by atoms with E-state index in [4.69, 9.17) is 4.74 Å². The van der Waals surface area contributed by atoms with E-state index in [2.05, 4.69) is 47.4 Å². The molecule has 2 saturated heterocycles. The average Bonchev–Trinajstić information content (AvgIpc) is 2.76. The van der Waals surface area contributed by atoms with E-state index in [9.17, 15) is 4.79 Å². The minimum absolute atomic E-state index is 0.224. The van der Waals surface area contributed by atoms with Crippen LogP contribution in [-0.2, 0) is 9.53 Å². The maximum atomic E-state index is 12.3. The first-order valence-electron chi connectivity index (χ1n) is 10.9. The minimum atomic E-state index is -0.224. The fraction of sp³-hybridized carbons (Fsp3) is 0.423. The maximum absolute atomic E-state index is 12.3. The summed E-state index contributed by atoms with van der Waals surface area (Å²) in [6.07, 6.45) is 11.9. The van der Waals surface area contributed by atoms with Crippen molar-refractivity contribution in [2.75, 3.05) is 19.7 Å². The smallest absolute Gasteiger partial charge is 0.331 e. The number of benzene rings is 2. The highest BCUT2D eigenvalue weighted by Crippen LogP contribution is 2.31. The molecule has 2 atom stereocenters. The third-order valence-corrected chi connectivity index (χ3v) is 6.33. The second kappa shape index (κ2) is 9.41. The number of hydrogen-bond acceptors (Lipinski definition) is 3. The Hall–Kier alpha value is -2.39. The summed E-state index contributed by atoms with van der Waals surface area (Å²) in [5.74, 6) is 0.272. The van der Waals surface area contributed by atoms with Crippen molar-refractivity contribution in [1.82, 2.24) is 4.90 Å². The van der Waals surface area contributed by atoms with Gasteiger partial charge in [0.1, 0.15) is 0 Å². The van der Waals surface area contributed by atoms with Gasteiger partial charge in [-0.25, -0.2) is 4.79 Å². The number of fused-ring (bicyclic) bond motifs is 2. The van der Waals surface area contributed by atoms with Gasteiger partial charge < -0.3 is 4.74 Å². The second-order valence-corrected chi connectivity index (χ2v) is 8.46. The molecule has 2 fully saturated rings. The number of hydrogen-bond donors (Lipinski definition) is 0. The van der Waals surface area contributed by atoms with Gasteiger partial charge in [-0.15, -0.1) is 0 Å². The number of allylic oxidation sites excluding steroid dienone is 2. The fourth-order valence-corrected chi connectivity index (χ4v) is 4.78. The zero-order valence-corrected chi connectivity index (χ0v) is 17.3. The molecule has 2 heterocycles. The van der Waals surface area contributed by atoms with Crippen molar-refractivity contribution in [2.45, 2.75) is 45.1 Å². The lowest BCUT2D eigenvalue weighted by atomic mass is 9.84. The molecule has 0 aliphatic carbocycles. The van der Waals surface area contributed by atoms with Gasteiger partial charge in [0, 0.05) is 18.0 Å². The minimum Gasteiger partial charge on any atom is -0.462 e. The van der Waals surface area contributed by atoms with Gasteiger partial charge in [-0.1, -0.05) is 55.0 Å². The molecule has 0 amide bonds. The molecule has 0 saturated carbocycles. The number of rotatable bonds is 5. The molecule has 3 heteroatoms. The van der Waals surface area contributed by atoms with Crippen LogP contribution >= 0.6 is 0 Å². The Kier molecular flexibility index (Phi) is 6.46. The summed E-state index contributed by atoms with van der Waals surface area (Å²) in [7, 11) is 0. The van der Waals surface area contributed by atoms with E-state index in [1.54, 1.807) is 6.08 Å². The lowest BCUT2D eigenvalue weighted by molar-refractivity contribution is -0.140. The molecule has 0 bridgehead atoms. The average molecular weight is 390 g/mol. The standard InChI is InChI=1S/C26H31NO2/c1-20(11-12-21-13-14-22-7-2-3-8-23(22)18-21)17-26(28)29-19-24-9-6-16-27-15-5-4-10-25(24)27/h2-3,7-8,11-14,17-18,24-25H,4-6,9-10,15-16,19H2,1H3/b12-11+,20-17-/t24-,25-/m1/s1. The molecule has 2 aromatic carbocycles. The summed E-state index contributed by atoms with van der Waals surface area (Å²) in [4.78, 5) is 14.9. The van der Waals surface area contributed by atoms with Gasteiger partial charge in [0.25, 0.3) is 0 Å². The summed E-state index contributed by atoms with van der Waals surface area (Å²) < 4.78 is 5.63. The van der Waals surface area contributed by atoms with Gasteiger partial charge >= 0.3 is 5.97 Å². The van der Waals surface area contributed by atoms with E-state index in [-0.39, 0.29) is 5.97 Å². The lowest BCUT2D eigenvalue weighted by Gasteiger charge is -2.44. The molecule has 3 nitrogen and oxygen atoms in total. The van der Waals surface area contributed by atoms with Crippen molar-refractivity contribution in [1.29, 1.82) is 0 Å². The summed E-state index contributed by atoms with van der Waals surface area (Å²) in [5, 5.41) is 2.46. The zero-order chi connectivity index (χ0) is 20.1. The van der Waals surface area contributed by atoms with Crippen LogP contribution < -0.4 is 0 Å². The fourth-order valence-electron chi connectivity index (χ4n) is 4.78. The Morgan fingerprint density at radius 1 is 1.07 bits per heavy atom. The molecule has 0 unspecified atom stereocenters. The molecule has 4 rings (SSSR count). The second-order valence-electron chi connectivity index (χ2n) is 8.46. The number of carbonyl (C=O) groups is 1. The largest absolute Gasteiger partial charge is 0.462 e. The Balaban J connectivity index is 1.32. The first kappa shape index (κ1) is 19.9. The van der Waals surface area contributed by atoms with Crippen LogP contribution in [0.2, 0.25) is 0 Å². The van der Waals surface area contributed by atoms with Crippen LogP contribution in [-0.4, -0.2) is 36.6 Å². The van der Waals surface area contributed by atoms with Gasteiger partial charge in [-0.05, 0) is 73.7 Å². The number of ether oxygens (including phenoxy) is 1. The van der Waals surface area contributed by atoms with E-state index in [0.29, 0.717) is 18.6 Å². The molecule has 29 heavy (non-hydrogen) atoms. The van der Waals surface area contributed by atoms with Crippen LogP contribution in [0, 0.1) is 5.92 Å². The third kappa shape index (κ3) is 5.16. The van der Waals surface area contributed by atoms with Crippen molar-refractivity contribution < 1.29 is 9.53 Å². The molecule has 0 radical (unpaired) electrons. The molecule has 2 aliphatic heterocycles. The van der Waals surface area contributed by atoms with E-state index < -0.39 is 0 Å². The normalized spacial score (nSPS) is 23.3. The molecule has 0 aromatic heterocycles. The van der Waals surface area contributed by atoms with E-state index >= 15 is 0 Å². The summed E-state index contributed by atoms with van der Waals surface area (Å²) >= 11 is 0. The summed E-state index contributed by atoms with van der Waals surface area (Å²) in [5.41, 5.74) is 2.04. The number of nitrogens with zero attached hydrogens (tertiary/aromatic N) is 1. The van der Waals surface area contributed by atoms with Crippen LogP contribution in [0.1, 0.15) is 44.6 Å². The van der Waals surface area contributed by atoms with Crippen LogP contribution in [0.15, 0.2) is 60.2 Å². The number of carbonyl (C=O) groups excluding carboxylic acids is 1.